The zero-order valence-corrected chi connectivity index (χ0v) is 12.0. The van der Waals surface area contributed by atoms with Crippen LogP contribution in [0.3, 0.4) is 0 Å². The van der Waals surface area contributed by atoms with Crippen LogP contribution in [-0.2, 0) is 24.0 Å². The number of likely N-dealkylation sites (N-methyl/N-ethyl adjacent to an activating group) is 1. The predicted molar refractivity (Wildman–Crippen MR) is 71.1 cm³/mol. The highest BCUT2D eigenvalue weighted by molar-refractivity contribution is 6.35. The van der Waals surface area contributed by atoms with Crippen LogP contribution in [0.15, 0.2) is 0 Å². The van der Waals surface area contributed by atoms with Gasteiger partial charge in [-0.3, -0.25) is 19.2 Å². The molecule has 0 unspecified atom stereocenters. The van der Waals surface area contributed by atoms with E-state index in [4.69, 9.17) is 5.11 Å². The molecule has 3 amide bonds. The van der Waals surface area contributed by atoms with Gasteiger partial charge in [-0.05, 0) is 5.92 Å². The first-order chi connectivity index (χ1) is 9.72. The maximum absolute atomic E-state index is 12.0. The highest BCUT2D eigenvalue weighted by Gasteiger charge is 2.28. The molecule has 0 aliphatic heterocycles. The van der Waals surface area contributed by atoms with Crippen LogP contribution in [0.5, 0.6) is 0 Å². The average molecular weight is 301 g/mol. The van der Waals surface area contributed by atoms with Crippen molar-refractivity contribution < 1.29 is 29.1 Å². The Bertz CT molecular complexity index is 435. The maximum Gasteiger partial charge on any atom is 0.309 e. The molecule has 0 bridgehead atoms. The zero-order valence-electron chi connectivity index (χ0n) is 12.0. The third kappa shape index (κ3) is 6.50. The number of carbonyl (C=O) groups excluding carboxylic acids is 4. The second-order valence-corrected chi connectivity index (χ2v) is 4.62. The van der Waals surface area contributed by atoms with E-state index in [9.17, 15) is 24.0 Å². The van der Waals surface area contributed by atoms with Gasteiger partial charge in [-0.2, -0.15) is 0 Å². The Hall–Kier alpha value is -2.45. The average Bonchev–Trinajstić information content (AvgIpc) is 2.41. The van der Waals surface area contributed by atoms with Crippen molar-refractivity contribution >= 4 is 30.0 Å². The molecule has 0 spiro atoms. The van der Waals surface area contributed by atoms with Crippen molar-refractivity contribution in [1.29, 1.82) is 0 Å². The molecular weight excluding hydrogens is 282 g/mol. The van der Waals surface area contributed by atoms with Crippen LogP contribution in [0.1, 0.15) is 20.3 Å². The first-order valence-electron chi connectivity index (χ1n) is 6.22. The molecule has 0 saturated heterocycles. The molecule has 0 saturated carbocycles. The number of nitrogens with one attached hydrogen (secondary N) is 3. The molecule has 0 aromatic carbocycles. The van der Waals surface area contributed by atoms with E-state index < -0.39 is 42.2 Å². The van der Waals surface area contributed by atoms with Crippen molar-refractivity contribution in [2.75, 3.05) is 7.05 Å². The fourth-order valence-corrected chi connectivity index (χ4v) is 1.45. The van der Waals surface area contributed by atoms with Crippen LogP contribution in [0.4, 0.5) is 0 Å². The normalized spacial score (nSPS) is 13.0. The van der Waals surface area contributed by atoms with Gasteiger partial charge in [0, 0.05) is 7.05 Å². The van der Waals surface area contributed by atoms with Crippen LogP contribution < -0.4 is 16.0 Å². The van der Waals surface area contributed by atoms with Gasteiger partial charge in [-0.15, -0.1) is 0 Å². The van der Waals surface area contributed by atoms with Crippen molar-refractivity contribution in [3.63, 3.8) is 0 Å². The molecule has 0 aliphatic rings. The third-order valence-corrected chi connectivity index (χ3v) is 2.56. The van der Waals surface area contributed by atoms with Crippen LogP contribution in [0.25, 0.3) is 0 Å². The lowest BCUT2D eigenvalue weighted by atomic mass is 10.0. The molecule has 0 aliphatic carbocycles. The predicted octanol–water partition coefficient (Wildman–Crippen LogP) is -1.97. The first kappa shape index (κ1) is 18.6. The summed E-state index contributed by atoms with van der Waals surface area (Å²) in [5.74, 6) is -4.25. The minimum absolute atomic E-state index is 0.296. The second kappa shape index (κ2) is 8.67. The van der Waals surface area contributed by atoms with Gasteiger partial charge in [0.05, 0.1) is 12.5 Å². The number of hydrogen-bond acceptors (Lipinski definition) is 5. The lowest BCUT2D eigenvalue weighted by molar-refractivity contribution is -0.141. The van der Waals surface area contributed by atoms with E-state index >= 15 is 0 Å². The molecule has 4 N–H and O–H groups in total. The molecule has 9 nitrogen and oxygen atoms in total. The highest BCUT2D eigenvalue weighted by Crippen LogP contribution is 2.03. The number of aliphatic carboxylic acids is 1. The number of hydrogen-bond donors (Lipinski definition) is 4. The molecule has 2 atom stereocenters. The van der Waals surface area contributed by atoms with Gasteiger partial charge in [0.25, 0.3) is 0 Å². The summed E-state index contributed by atoms with van der Waals surface area (Å²) in [4.78, 5) is 55.8. The molecule has 21 heavy (non-hydrogen) atoms. The molecule has 0 fully saturated rings. The van der Waals surface area contributed by atoms with E-state index in [2.05, 4.69) is 16.0 Å². The van der Waals surface area contributed by atoms with Gasteiger partial charge >= 0.3 is 17.8 Å². The Labute approximate surface area is 121 Å². The lowest BCUT2D eigenvalue weighted by Gasteiger charge is -2.22. The van der Waals surface area contributed by atoms with Crippen molar-refractivity contribution in [3.8, 4) is 0 Å². The van der Waals surface area contributed by atoms with Crippen molar-refractivity contribution in [3.05, 3.63) is 0 Å². The van der Waals surface area contributed by atoms with Crippen molar-refractivity contribution in [2.24, 2.45) is 5.92 Å². The summed E-state index contributed by atoms with van der Waals surface area (Å²) in [6.07, 6.45) is -0.270. The Kier molecular flexibility index (Phi) is 7.66. The summed E-state index contributed by atoms with van der Waals surface area (Å²) >= 11 is 0. The molecule has 118 valence electrons. The third-order valence-electron chi connectivity index (χ3n) is 2.56. The van der Waals surface area contributed by atoms with Crippen LogP contribution in [0.2, 0.25) is 0 Å². The van der Waals surface area contributed by atoms with Crippen LogP contribution in [-0.4, -0.2) is 54.2 Å². The topological polar surface area (TPSA) is 142 Å². The minimum atomic E-state index is -1.25. The highest BCUT2D eigenvalue weighted by atomic mass is 16.4. The van der Waals surface area contributed by atoms with Gasteiger partial charge in [0.1, 0.15) is 12.3 Å². The van der Waals surface area contributed by atoms with Gasteiger partial charge in [-0.1, -0.05) is 13.8 Å². The molecule has 9 heteroatoms. The number of carbonyl (C=O) groups is 5. The van der Waals surface area contributed by atoms with Gasteiger partial charge in [0.2, 0.25) is 5.91 Å². The summed E-state index contributed by atoms with van der Waals surface area (Å²) in [5, 5.41) is 15.1. The Morgan fingerprint density at radius 2 is 1.67 bits per heavy atom. The zero-order chi connectivity index (χ0) is 16.6. The van der Waals surface area contributed by atoms with Gasteiger partial charge < -0.3 is 25.9 Å². The van der Waals surface area contributed by atoms with Crippen LogP contribution in [0, 0.1) is 5.92 Å². The molecule has 0 radical (unpaired) electrons. The van der Waals surface area contributed by atoms with E-state index in [1.54, 1.807) is 13.8 Å². The van der Waals surface area contributed by atoms with Crippen molar-refractivity contribution in [1.82, 2.24) is 16.0 Å². The number of rotatable bonds is 7. The molecule has 0 heterocycles. The molecular formula is C12H19N3O6. The first-order valence-corrected chi connectivity index (χ1v) is 6.22. The largest absolute Gasteiger partial charge is 0.481 e. The molecule has 0 rings (SSSR count). The summed E-state index contributed by atoms with van der Waals surface area (Å²) in [5.41, 5.74) is 0. The van der Waals surface area contributed by atoms with Gasteiger partial charge in [-0.25, -0.2) is 0 Å². The summed E-state index contributed by atoms with van der Waals surface area (Å²) < 4.78 is 0. The van der Waals surface area contributed by atoms with Crippen LogP contribution >= 0.6 is 0 Å². The van der Waals surface area contributed by atoms with E-state index in [-0.39, 0.29) is 5.92 Å². The number of carboxylic acid groups (broad SMARTS) is 1. The number of aldehydes is 1. The minimum Gasteiger partial charge on any atom is -0.481 e. The van der Waals surface area contributed by atoms with E-state index in [1.807, 2.05) is 0 Å². The SMILES string of the molecule is CNC(=O)C(=O)N[C@H](C(=O)N[C@H](C=O)CC(=O)O)C(C)C. The molecule has 0 aromatic heterocycles. The lowest BCUT2D eigenvalue weighted by Crippen LogP contribution is -2.55. The quantitative estimate of drug-likeness (QED) is 0.317. The Morgan fingerprint density at radius 1 is 1.10 bits per heavy atom. The summed E-state index contributed by atoms with van der Waals surface area (Å²) in [7, 11) is 1.27. The fraction of sp³-hybridized carbons (Fsp3) is 0.583. The smallest absolute Gasteiger partial charge is 0.309 e. The number of amides is 3. The van der Waals surface area contributed by atoms with E-state index in [1.165, 1.54) is 7.05 Å². The maximum atomic E-state index is 12.0. The Balaban J connectivity index is 4.83. The molecule has 0 aromatic rings. The van der Waals surface area contributed by atoms with Gasteiger partial charge in [0.15, 0.2) is 0 Å². The monoisotopic (exact) mass is 301 g/mol. The Morgan fingerprint density at radius 3 is 2.05 bits per heavy atom. The summed E-state index contributed by atoms with van der Waals surface area (Å²) in [6.45, 7) is 3.25. The van der Waals surface area contributed by atoms with Crippen molar-refractivity contribution in [2.45, 2.75) is 32.4 Å². The standard InChI is InChI=1S/C12H19N3O6/c1-6(2)9(15-12(21)11(20)13-3)10(19)14-7(5-16)4-8(17)18/h5-7,9H,4H2,1-3H3,(H,13,20)(H,14,19)(H,15,21)(H,17,18)/t7-,9-/m0/s1. The second-order valence-electron chi connectivity index (χ2n) is 4.62. The van der Waals surface area contributed by atoms with E-state index in [0.717, 1.165) is 0 Å². The summed E-state index contributed by atoms with van der Waals surface area (Å²) in [6, 6.07) is -2.26. The van der Waals surface area contributed by atoms with E-state index in [0.29, 0.717) is 6.29 Å². The fourth-order valence-electron chi connectivity index (χ4n) is 1.45. The number of carboxylic acids is 1.